The van der Waals surface area contributed by atoms with Crippen molar-refractivity contribution in [1.29, 1.82) is 5.26 Å². The summed E-state index contributed by atoms with van der Waals surface area (Å²) in [5, 5.41) is 31.8. The van der Waals surface area contributed by atoms with Crippen LogP contribution < -0.4 is 10.8 Å². The number of aromatic nitrogens is 1. The van der Waals surface area contributed by atoms with Gasteiger partial charge in [-0.1, -0.05) is 17.7 Å². The van der Waals surface area contributed by atoms with E-state index in [9.17, 15) is 14.8 Å². The van der Waals surface area contributed by atoms with Gasteiger partial charge in [-0.3, -0.25) is 4.79 Å². The van der Waals surface area contributed by atoms with Crippen LogP contribution in [0.25, 0.3) is 10.8 Å². The molecule has 8 heteroatoms. The zero-order valence-electron chi connectivity index (χ0n) is 12.2. The number of hydrogen-bond acceptors (Lipinski definition) is 5. The van der Waals surface area contributed by atoms with E-state index in [4.69, 9.17) is 16.9 Å². The fourth-order valence-corrected chi connectivity index (χ4v) is 2.82. The van der Waals surface area contributed by atoms with Crippen molar-refractivity contribution < 1.29 is 14.8 Å². The predicted molar refractivity (Wildman–Crippen MR) is 87.0 cm³/mol. The van der Waals surface area contributed by atoms with Gasteiger partial charge in [-0.15, -0.1) is 0 Å². The second-order valence-corrected chi connectivity index (χ2v) is 6.35. The first-order chi connectivity index (χ1) is 10.8. The minimum absolute atomic E-state index is 0.245. The summed E-state index contributed by atoms with van der Waals surface area (Å²) in [6, 6.07) is 6.77. The summed E-state index contributed by atoms with van der Waals surface area (Å²) in [7, 11) is -1.63. The number of amides is 1. The van der Waals surface area contributed by atoms with Crippen molar-refractivity contribution in [3.8, 4) is 6.07 Å². The molecule has 2 aromatic rings. The molecule has 1 aromatic heterocycles. The number of anilines is 1. The Morgan fingerprint density at radius 3 is 2.87 bits per heavy atom. The summed E-state index contributed by atoms with van der Waals surface area (Å²) in [6.45, 7) is 1.75. The maximum Gasteiger partial charge on any atom is 0.488 e. The third kappa shape index (κ3) is 2.89. The lowest BCUT2D eigenvalue weighted by atomic mass is 9.79. The average Bonchev–Trinajstić information content (AvgIpc) is 3.20. The van der Waals surface area contributed by atoms with E-state index in [1.807, 2.05) is 0 Å². The molecule has 0 radical (unpaired) electrons. The highest BCUT2D eigenvalue weighted by Crippen LogP contribution is 2.51. The number of rotatable bonds is 3. The first kappa shape index (κ1) is 15.7. The summed E-state index contributed by atoms with van der Waals surface area (Å²) < 4.78 is 0. The minimum Gasteiger partial charge on any atom is -0.423 e. The lowest BCUT2D eigenvalue weighted by Crippen LogP contribution is -2.29. The third-order valence-corrected chi connectivity index (χ3v) is 4.48. The van der Waals surface area contributed by atoms with Crippen LogP contribution in [0.5, 0.6) is 0 Å². The fraction of sp³-hybridized carbons (Fsp3) is 0.267. The van der Waals surface area contributed by atoms with E-state index in [0.717, 1.165) is 0 Å². The second kappa shape index (κ2) is 5.50. The number of fused-ring (bicyclic) bond motifs is 1. The van der Waals surface area contributed by atoms with Crippen molar-refractivity contribution in [2.45, 2.75) is 13.3 Å². The quantitative estimate of drug-likeness (QED) is 0.730. The van der Waals surface area contributed by atoms with Gasteiger partial charge >= 0.3 is 7.12 Å². The van der Waals surface area contributed by atoms with Gasteiger partial charge in [0.2, 0.25) is 5.91 Å². The van der Waals surface area contributed by atoms with E-state index in [0.29, 0.717) is 28.0 Å². The molecule has 3 N–H and O–H groups in total. The Hall–Kier alpha value is -2.14. The van der Waals surface area contributed by atoms with E-state index >= 15 is 0 Å². The van der Waals surface area contributed by atoms with Crippen molar-refractivity contribution in [2.75, 3.05) is 5.32 Å². The van der Waals surface area contributed by atoms with E-state index in [1.165, 1.54) is 12.3 Å². The molecule has 3 rings (SSSR count). The van der Waals surface area contributed by atoms with Crippen LogP contribution in [0.3, 0.4) is 0 Å². The van der Waals surface area contributed by atoms with Crippen LogP contribution in [-0.4, -0.2) is 28.1 Å². The van der Waals surface area contributed by atoms with Crippen LogP contribution in [0.4, 0.5) is 5.82 Å². The summed E-state index contributed by atoms with van der Waals surface area (Å²) in [6.07, 6.45) is 2.05. The highest BCUT2D eigenvalue weighted by Gasteiger charge is 2.55. The van der Waals surface area contributed by atoms with Gasteiger partial charge in [-0.05, 0) is 36.3 Å². The van der Waals surface area contributed by atoms with Gasteiger partial charge in [-0.25, -0.2) is 4.98 Å². The smallest absolute Gasteiger partial charge is 0.423 e. The first-order valence-corrected chi connectivity index (χ1v) is 7.39. The number of nitriles is 1. The van der Waals surface area contributed by atoms with Gasteiger partial charge in [-0.2, -0.15) is 5.26 Å². The van der Waals surface area contributed by atoms with Gasteiger partial charge in [0.25, 0.3) is 0 Å². The average molecular weight is 330 g/mol. The van der Waals surface area contributed by atoms with Crippen molar-refractivity contribution in [2.24, 2.45) is 11.3 Å². The highest BCUT2D eigenvalue weighted by molar-refractivity contribution is 6.59. The first-order valence-electron chi connectivity index (χ1n) is 7.01. The van der Waals surface area contributed by atoms with Crippen molar-refractivity contribution in [3.05, 3.63) is 29.4 Å². The third-order valence-electron chi connectivity index (χ3n) is 4.17. The fourth-order valence-electron chi connectivity index (χ4n) is 2.54. The van der Waals surface area contributed by atoms with Gasteiger partial charge in [0.05, 0.1) is 17.4 Å². The Morgan fingerprint density at radius 1 is 1.52 bits per heavy atom. The largest absolute Gasteiger partial charge is 0.488 e. The van der Waals surface area contributed by atoms with Gasteiger partial charge in [0.1, 0.15) is 5.82 Å². The van der Waals surface area contributed by atoms with E-state index in [2.05, 4.69) is 16.4 Å². The Morgan fingerprint density at radius 2 is 2.26 bits per heavy atom. The summed E-state index contributed by atoms with van der Waals surface area (Å²) in [4.78, 5) is 16.3. The Labute approximate surface area is 137 Å². The molecule has 23 heavy (non-hydrogen) atoms. The second-order valence-electron chi connectivity index (χ2n) is 5.94. The number of nitrogens with one attached hydrogen (secondary N) is 1. The number of hydrogen-bond donors (Lipinski definition) is 3. The molecule has 6 nitrogen and oxygen atoms in total. The maximum atomic E-state index is 12.1. The van der Waals surface area contributed by atoms with Gasteiger partial charge in [0.15, 0.2) is 0 Å². The van der Waals surface area contributed by atoms with Crippen LogP contribution in [0.15, 0.2) is 24.4 Å². The van der Waals surface area contributed by atoms with E-state index in [1.54, 1.807) is 19.1 Å². The van der Waals surface area contributed by atoms with Crippen molar-refractivity contribution in [1.82, 2.24) is 4.98 Å². The normalized spacial score (nSPS) is 22.5. The Balaban J connectivity index is 1.88. The number of benzene rings is 1. The number of pyridine rings is 1. The molecule has 116 valence electrons. The van der Waals surface area contributed by atoms with Gasteiger partial charge in [0, 0.05) is 16.6 Å². The van der Waals surface area contributed by atoms with Crippen LogP contribution in [0.1, 0.15) is 13.3 Å². The molecule has 1 aromatic carbocycles. The Bertz CT molecular complexity index is 852. The van der Waals surface area contributed by atoms with Gasteiger partial charge < -0.3 is 15.4 Å². The summed E-state index contributed by atoms with van der Waals surface area (Å²) in [5.74, 6) is -0.250. The van der Waals surface area contributed by atoms with Crippen LogP contribution >= 0.6 is 11.6 Å². The van der Waals surface area contributed by atoms with Crippen LogP contribution in [0, 0.1) is 22.7 Å². The molecule has 1 aliphatic rings. The zero-order valence-corrected chi connectivity index (χ0v) is 13.0. The molecule has 1 fully saturated rings. The van der Waals surface area contributed by atoms with E-state index in [-0.39, 0.29) is 17.3 Å². The molecule has 1 aliphatic carbocycles. The standard InChI is InChI=1S/C15H13BClN3O3/c1-15(7-18)5-11(15)14(21)20-13-3-8-2-9(16(22)23)4-12(17)10(8)6-19-13/h2-4,6,11,22-23H,5H2,1H3,(H,19,20,21)/t11-,15-/m1/s1. The SMILES string of the molecule is C[C@]1(C#N)C[C@@H]1C(=O)Nc1cc2cc(B(O)O)cc(Cl)c2cn1. The molecular weight excluding hydrogens is 316 g/mol. The number of nitrogens with zero attached hydrogens (tertiary/aromatic N) is 2. The zero-order chi connectivity index (χ0) is 16.8. The Kier molecular flexibility index (Phi) is 3.76. The summed E-state index contributed by atoms with van der Waals surface area (Å²) in [5.41, 5.74) is -0.344. The molecule has 1 amide bonds. The monoisotopic (exact) mass is 329 g/mol. The van der Waals surface area contributed by atoms with Crippen molar-refractivity contribution in [3.63, 3.8) is 0 Å². The van der Waals surface area contributed by atoms with E-state index < -0.39 is 12.5 Å². The molecule has 0 unspecified atom stereocenters. The lowest BCUT2D eigenvalue weighted by Gasteiger charge is -2.08. The van der Waals surface area contributed by atoms with Crippen molar-refractivity contribution >= 4 is 46.7 Å². The van der Waals surface area contributed by atoms with Crippen LogP contribution in [-0.2, 0) is 4.79 Å². The molecule has 0 bridgehead atoms. The maximum absolute atomic E-state index is 12.1. The number of carbonyl (C=O) groups is 1. The van der Waals surface area contributed by atoms with Crippen LogP contribution in [0.2, 0.25) is 5.02 Å². The molecule has 0 saturated heterocycles. The number of halogens is 1. The predicted octanol–water partition coefficient (Wildman–Crippen LogP) is 1.06. The minimum atomic E-state index is -1.63. The molecule has 1 heterocycles. The molecule has 0 spiro atoms. The molecular formula is C15H13BClN3O3. The molecule has 0 aliphatic heterocycles. The molecule has 1 saturated carbocycles. The topological polar surface area (TPSA) is 106 Å². The highest BCUT2D eigenvalue weighted by atomic mass is 35.5. The summed E-state index contributed by atoms with van der Waals surface area (Å²) >= 11 is 6.10. The molecule has 2 atom stereocenters. The lowest BCUT2D eigenvalue weighted by molar-refractivity contribution is -0.117. The number of carbonyl (C=O) groups excluding carboxylic acids is 1.